The number of pyridine rings is 1. The fraction of sp³-hybridized carbons (Fsp3) is 0.190. The number of amides is 1. The van der Waals surface area contributed by atoms with E-state index in [9.17, 15) is 4.79 Å². The number of carbonyl (C=O) groups excluding carboxylic acids is 1. The summed E-state index contributed by atoms with van der Waals surface area (Å²) in [6.07, 6.45) is 3.86. The van der Waals surface area contributed by atoms with Crippen LogP contribution in [-0.2, 0) is 11.8 Å². The number of hydrogen-bond donors (Lipinski definition) is 1. The van der Waals surface area contributed by atoms with Crippen molar-refractivity contribution in [2.75, 3.05) is 5.32 Å². The number of fused-ring (bicyclic) bond motifs is 2. The minimum Gasteiger partial charge on any atom is -0.460 e. The number of nitrogens with zero attached hydrogens (tertiary/aromatic N) is 3. The lowest BCUT2D eigenvalue weighted by Gasteiger charge is -2.23. The minimum absolute atomic E-state index is 0.0342. The molecule has 1 atom stereocenters. The number of rotatable bonds is 2. The maximum absolute atomic E-state index is 12.4. The average molecular weight is 358 g/mol. The van der Waals surface area contributed by atoms with Gasteiger partial charge in [0.15, 0.2) is 0 Å². The summed E-state index contributed by atoms with van der Waals surface area (Å²) in [7, 11) is 1.84. The maximum atomic E-state index is 12.4. The predicted octanol–water partition coefficient (Wildman–Crippen LogP) is 4.01. The van der Waals surface area contributed by atoms with Gasteiger partial charge in [-0.05, 0) is 30.7 Å². The van der Waals surface area contributed by atoms with Gasteiger partial charge in [-0.1, -0.05) is 18.2 Å². The Morgan fingerprint density at radius 3 is 2.85 bits per heavy atom. The Hall–Kier alpha value is -3.41. The average Bonchev–Trinajstić information content (AvgIpc) is 3.20. The Morgan fingerprint density at radius 2 is 2.07 bits per heavy atom. The van der Waals surface area contributed by atoms with Crippen LogP contribution < -0.4 is 5.32 Å². The second-order valence-corrected chi connectivity index (χ2v) is 6.87. The molecule has 4 aromatic rings. The Labute approximate surface area is 155 Å². The van der Waals surface area contributed by atoms with Crippen LogP contribution in [0.2, 0.25) is 0 Å². The van der Waals surface area contributed by atoms with E-state index in [2.05, 4.69) is 15.4 Å². The molecule has 0 bridgehead atoms. The molecule has 27 heavy (non-hydrogen) atoms. The van der Waals surface area contributed by atoms with E-state index in [0.717, 1.165) is 44.9 Å². The van der Waals surface area contributed by atoms with Crippen LogP contribution in [0.1, 0.15) is 29.2 Å². The van der Waals surface area contributed by atoms with Gasteiger partial charge in [-0.3, -0.25) is 14.5 Å². The topological polar surface area (TPSA) is 73.0 Å². The summed E-state index contributed by atoms with van der Waals surface area (Å²) in [4.78, 5) is 16.7. The molecule has 0 fully saturated rings. The molecule has 1 N–H and O–H groups in total. The summed E-state index contributed by atoms with van der Waals surface area (Å²) < 4.78 is 7.93. The monoisotopic (exact) mass is 358 g/mol. The van der Waals surface area contributed by atoms with Crippen LogP contribution in [-0.4, -0.2) is 20.7 Å². The lowest BCUT2D eigenvalue weighted by molar-refractivity contribution is -0.116. The number of aryl methyl sites for hydroxylation is 2. The van der Waals surface area contributed by atoms with Crippen molar-refractivity contribution >= 4 is 22.7 Å². The van der Waals surface area contributed by atoms with Crippen molar-refractivity contribution in [1.82, 2.24) is 14.8 Å². The zero-order valence-electron chi connectivity index (χ0n) is 15.1. The van der Waals surface area contributed by atoms with E-state index in [1.807, 2.05) is 50.4 Å². The molecule has 0 spiro atoms. The Bertz CT molecular complexity index is 1170. The highest BCUT2D eigenvalue weighted by molar-refractivity contribution is 5.96. The van der Waals surface area contributed by atoms with E-state index in [1.165, 1.54) is 0 Å². The molecular formula is C21H18N4O2. The molecule has 0 unspecified atom stereocenters. The van der Waals surface area contributed by atoms with Gasteiger partial charge in [-0.15, -0.1) is 0 Å². The van der Waals surface area contributed by atoms with E-state index in [1.54, 1.807) is 17.1 Å². The normalized spacial score (nSPS) is 16.4. The SMILES string of the molecule is Cc1c([C@H]2CC(=O)Nc3c2c(-c2cccnc2)nn3C)oc2ccccc12. The van der Waals surface area contributed by atoms with Gasteiger partial charge in [0, 0.05) is 42.4 Å². The number of anilines is 1. The number of para-hydroxylation sites is 1. The number of hydrogen-bond acceptors (Lipinski definition) is 4. The first kappa shape index (κ1) is 15.8. The molecule has 134 valence electrons. The zero-order chi connectivity index (χ0) is 18.5. The summed E-state index contributed by atoms with van der Waals surface area (Å²) in [5, 5.41) is 8.72. The molecular weight excluding hydrogens is 340 g/mol. The van der Waals surface area contributed by atoms with E-state index in [0.29, 0.717) is 6.42 Å². The molecule has 1 aromatic carbocycles. The molecule has 0 radical (unpaired) electrons. The lowest BCUT2D eigenvalue weighted by Crippen LogP contribution is -2.24. The van der Waals surface area contributed by atoms with Crippen LogP contribution in [0.25, 0.3) is 22.2 Å². The maximum Gasteiger partial charge on any atom is 0.226 e. The highest BCUT2D eigenvalue weighted by Gasteiger charge is 2.36. The second kappa shape index (κ2) is 5.81. The molecule has 1 aliphatic rings. The number of furan rings is 1. The predicted molar refractivity (Wildman–Crippen MR) is 102 cm³/mol. The van der Waals surface area contributed by atoms with Gasteiger partial charge in [0.1, 0.15) is 22.9 Å². The van der Waals surface area contributed by atoms with E-state index in [4.69, 9.17) is 4.42 Å². The van der Waals surface area contributed by atoms with Crippen LogP contribution in [0.4, 0.5) is 5.82 Å². The molecule has 3 aromatic heterocycles. The van der Waals surface area contributed by atoms with Crippen molar-refractivity contribution in [3.05, 3.63) is 65.7 Å². The van der Waals surface area contributed by atoms with Crippen LogP contribution in [0.15, 0.2) is 53.2 Å². The molecule has 0 saturated carbocycles. The van der Waals surface area contributed by atoms with Crippen molar-refractivity contribution in [2.24, 2.45) is 7.05 Å². The van der Waals surface area contributed by atoms with Gasteiger partial charge in [0.2, 0.25) is 5.91 Å². The third-order valence-electron chi connectivity index (χ3n) is 5.21. The zero-order valence-corrected chi connectivity index (χ0v) is 15.1. The van der Waals surface area contributed by atoms with Crippen LogP contribution >= 0.6 is 0 Å². The second-order valence-electron chi connectivity index (χ2n) is 6.87. The van der Waals surface area contributed by atoms with Crippen molar-refractivity contribution in [2.45, 2.75) is 19.3 Å². The third kappa shape index (κ3) is 2.37. The molecule has 6 nitrogen and oxygen atoms in total. The quantitative estimate of drug-likeness (QED) is 0.588. The van der Waals surface area contributed by atoms with Crippen molar-refractivity contribution in [1.29, 1.82) is 0 Å². The van der Waals surface area contributed by atoms with Crippen molar-refractivity contribution in [3.63, 3.8) is 0 Å². The summed E-state index contributed by atoms with van der Waals surface area (Å²) in [5.41, 5.74) is 4.63. The van der Waals surface area contributed by atoms with Gasteiger partial charge >= 0.3 is 0 Å². The molecule has 4 heterocycles. The minimum atomic E-state index is -0.190. The molecule has 1 amide bonds. The number of nitrogens with one attached hydrogen (secondary N) is 1. The number of benzene rings is 1. The van der Waals surface area contributed by atoms with E-state index < -0.39 is 0 Å². The van der Waals surface area contributed by atoms with Gasteiger partial charge in [0.25, 0.3) is 0 Å². The highest BCUT2D eigenvalue weighted by atomic mass is 16.3. The van der Waals surface area contributed by atoms with Gasteiger partial charge in [0.05, 0.1) is 5.92 Å². The van der Waals surface area contributed by atoms with Crippen molar-refractivity contribution < 1.29 is 9.21 Å². The van der Waals surface area contributed by atoms with E-state index in [-0.39, 0.29) is 11.8 Å². The first-order chi connectivity index (χ1) is 13.1. The van der Waals surface area contributed by atoms with Crippen LogP contribution in [0.5, 0.6) is 0 Å². The molecule has 6 heteroatoms. The molecule has 1 aliphatic heterocycles. The largest absolute Gasteiger partial charge is 0.460 e. The number of aromatic nitrogens is 3. The molecule has 0 aliphatic carbocycles. The van der Waals surface area contributed by atoms with Crippen LogP contribution in [0.3, 0.4) is 0 Å². The summed E-state index contributed by atoms with van der Waals surface area (Å²) >= 11 is 0. The Balaban J connectivity index is 1.76. The molecule has 5 rings (SSSR count). The van der Waals surface area contributed by atoms with Gasteiger partial charge in [-0.25, -0.2) is 0 Å². The highest BCUT2D eigenvalue weighted by Crippen LogP contribution is 2.45. The van der Waals surface area contributed by atoms with E-state index >= 15 is 0 Å². The first-order valence-electron chi connectivity index (χ1n) is 8.88. The summed E-state index contributed by atoms with van der Waals surface area (Å²) in [6.45, 7) is 2.05. The van der Waals surface area contributed by atoms with Crippen LogP contribution in [0, 0.1) is 6.92 Å². The molecule has 0 saturated heterocycles. The fourth-order valence-corrected chi connectivity index (χ4v) is 3.95. The smallest absolute Gasteiger partial charge is 0.226 e. The fourth-order valence-electron chi connectivity index (χ4n) is 3.95. The standard InChI is InChI=1S/C21H18N4O2/c1-12-14-7-3-4-8-16(14)27-20(12)15-10-17(26)23-21-18(15)19(24-25(21)2)13-6-5-9-22-11-13/h3-9,11,15H,10H2,1-2H3,(H,23,26)/t15-/m0/s1. The third-order valence-corrected chi connectivity index (χ3v) is 5.21. The van der Waals surface area contributed by atoms with Gasteiger partial charge in [-0.2, -0.15) is 5.10 Å². The first-order valence-corrected chi connectivity index (χ1v) is 8.88. The van der Waals surface area contributed by atoms with Crippen molar-refractivity contribution in [3.8, 4) is 11.3 Å². The lowest BCUT2D eigenvalue weighted by atomic mass is 9.86. The summed E-state index contributed by atoms with van der Waals surface area (Å²) in [6, 6.07) is 11.8. The summed E-state index contributed by atoms with van der Waals surface area (Å²) in [5.74, 6) is 1.32. The van der Waals surface area contributed by atoms with Gasteiger partial charge < -0.3 is 9.73 Å². The Kier molecular flexibility index (Phi) is 3.40. The number of carbonyl (C=O) groups is 1. The Morgan fingerprint density at radius 1 is 1.22 bits per heavy atom.